The maximum absolute atomic E-state index is 11.2. The van der Waals surface area contributed by atoms with E-state index in [1.807, 2.05) is 0 Å². The molecule has 0 saturated carbocycles. The molecule has 0 aromatic rings. The first-order valence-corrected chi connectivity index (χ1v) is 6.92. The highest BCUT2D eigenvalue weighted by Crippen LogP contribution is 2.36. The fraction of sp³-hybridized carbons (Fsp3) is 1.00. The van der Waals surface area contributed by atoms with Gasteiger partial charge in [-0.2, -0.15) is 0 Å². The average Bonchev–Trinajstić information content (AvgIpc) is 2.37. The molecule has 0 aromatic heterocycles. The Bertz CT molecular complexity index is 319. The summed E-state index contributed by atoms with van der Waals surface area (Å²) < 4.78 is 26.1. The molecule has 0 aromatic carbocycles. The second kappa shape index (κ2) is 3.37. The molecule has 3 atom stereocenters. The SMILES string of the molecule is O=S1(=O)CC2NC(C(Cl)(Cl)Cl)OC2C1. The number of alkyl halides is 3. The van der Waals surface area contributed by atoms with Crippen molar-refractivity contribution in [1.82, 2.24) is 5.32 Å². The van der Waals surface area contributed by atoms with E-state index in [1.165, 1.54) is 0 Å². The van der Waals surface area contributed by atoms with Crippen LogP contribution in [0.2, 0.25) is 0 Å². The van der Waals surface area contributed by atoms with Crippen LogP contribution in [0, 0.1) is 0 Å². The fourth-order valence-electron chi connectivity index (χ4n) is 1.69. The van der Waals surface area contributed by atoms with Gasteiger partial charge < -0.3 is 4.74 Å². The zero-order valence-electron chi connectivity index (χ0n) is 6.91. The molecule has 2 fully saturated rings. The molecule has 0 bridgehead atoms. The van der Waals surface area contributed by atoms with Crippen molar-refractivity contribution in [2.75, 3.05) is 11.5 Å². The highest BCUT2D eigenvalue weighted by molar-refractivity contribution is 7.91. The molecule has 2 rings (SSSR count). The summed E-state index contributed by atoms with van der Waals surface area (Å²) in [7, 11) is -2.99. The Morgan fingerprint density at radius 2 is 1.93 bits per heavy atom. The van der Waals surface area contributed by atoms with Crippen LogP contribution in [0.4, 0.5) is 0 Å². The average molecular weight is 281 g/mol. The third kappa shape index (κ3) is 2.13. The van der Waals surface area contributed by atoms with Crippen molar-refractivity contribution < 1.29 is 13.2 Å². The zero-order chi connectivity index (χ0) is 10.6. The van der Waals surface area contributed by atoms with Crippen LogP contribution in [0.15, 0.2) is 0 Å². The van der Waals surface area contributed by atoms with Gasteiger partial charge in [0.1, 0.15) is 0 Å². The Balaban J connectivity index is 2.07. The van der Waals surface area contributed by atoms with Gasteiger partial charge in [-0.25, -0.2) is 8.42 Å². The third-order valence-corrected chi connectivity index (χ3v) is 4.57. The van der Waals surface area contributed by atoms with Gasteiger partial charge in [0.25, 0.3) is 0 Å². The van der Waals surface area contributed by atoms with E-state index in [0.29, 0.717) is 0 Å². The maximum Gasteiger partial charge on any atom is 0.229 e. The minimum absolute atomic E-state index is 0.00190. The van der Waals surface area contributed by atoms with Crippen molar-refractivity contribution in [3.63, 3.8) is 0 Å². The lowest BCUT2D eigenvalue weighted by atomic mass is 10.2. The molecule has 14 heavy (non-hydrogen) atoms. The van der Waals surface area contributed by atoms with Crippen molar-refractivity contribution >= 4 is 44.6 Å². The van der Waals surface area contributed by atoms with Crippen LogP contribution in [0.25, 0.3) is 0 Å². The van der Waals surface area contributed by atoms with E-state index in [9.17, 15) is 8.42 Å². The molecule has 0 radical (unpaired) electrons. The van der Waals surface area contributed by atoms with Gasteiger partial charge >= 0.3 is 0 Å². The van der Waals surface area contributed by atoms with Crippen LogP contribution >= 0.6 is 34.8 Å². The topological polar surface area (TPSA) is 55.4 Å². The Morgan fingerprint density at radius 3 is 2.43 bits per heavy atom. The normalized spacial score (nSPS) is 41.2. The summed E-state index contributed by atoms with van der Waals surface area (Å²) in [5.74, 6) is 0.0524. The molecule has 2 aliphatic heterocycles. The van der Waals surface area contributed by atoms with E-state index < -0.39 is 19.9 Å². The number of halogens is 3. The van der Waals surface area contributed by atoms with Gasteiger partial charge in [-0.1, -0.05) is 34.8 Å². The summed E-state index contributed by atoms with van der Waals surface area (Å²) in [5, 5.41) is 2.85. The lowest BCUT2D eigenvalue weighted by molar-refractivity contribution is 0.0544. The van der Waals surface area contributed by atoms with Crippen LogP contribution < -0.4 is 5.32 Å². The molecule has 3 unspecified atom stereocenters. The van der Waals surface area contributed by atoms with Crippen LogP contribution in [-0.2, 0) is 14.6 Å². The molecule has 2 heterocycles. The van der Waals surface area contributed by atoms with Gasteiger partial charge in [0.2, 0.25) is 3.79 Å². The number of rotatable bonds is 0. The first-order chi connectivity index (χ1) is 6.28. The number of hydrogen-bond acceptors (Lipinski definition) is 4. The highest BCUT2D eigenvalue weighted by Gasteiger charge is 2.50. The minimum Gasteiger partial charge on any atom is -0.353 e. The van der Waals surface area contributed by atoms with E-state index in [2.05, 4.69) is 5.32 Å². The summed E-state index contributed by atoms with van der Waals surface area (Å²) in [4.78, 5) is 0. The first-order valence-electron chi connectivity index (χ1n) is 3.96. The molecule has 2 aliphatic rings. The van der Waals surface area contributed by atoms with Crippen LogP contribution in [0.5, 0.6) is 0 Å². The Hall–Kier alpha value is 0.740. The van der Waals surface area contributed by atoms with Gasteiger partial charge in [-0.15, -0.1) is 0 Å². The van der Waals surface area contributed by atoms with Crippen molar-refractivity contribution in [2.45, 2.75) is 22.2 Å². The molecule has 0 amide bonds. The van der Waals surface area contributed by atoms with Crippen molar-refractivity contribution in [3.8, 4) is 0 Å². The number of hydrogen-bond donors (Lipinski definition) is 1. The Labute approximate surface area is 96.8 Å². The van der Waals surface area contributed by atoms with Crippen LogP contribution in [-0.4, -0.2) is 42.1 Å². The van der Waals surface area contributed by atoms with Crippen molar-refractivity contribution in [2.24, 2.45) is 0 Å². The number of sulfone groups is 1. The van der Waals surface area contributed by atoms with Crippen molar-refractivity contribution in [3.05, 3.63) is 0 Å². The first kappa shape index (κ1) is 11.2. The quantitative estimate of drug-likeness (QED) is 0.655. The standard InChI is InChI=1S/C6H8Cl3NO3S/c7-6(8,9)5-10-3-1-14(11,12)2-4(3)13-5/h3-5,10H,1-2H2. The highest BCUT2D eigenvalue weighted by atomic mass is 35.6. The van der Waals surface area contributed by atoms with E-state index in [4.69, 9.17) is 39.5 Å². The molecular formula is C6H8Cl3NO3S. The maximum atomic E-state index is 11.2. The Kier molecular flexibility index (Phi) is 2.70. The zero-order valence-corrected chi connectivity index (χ0v) is 10.00. The van der Waals surface area contributed by atoms with Gasteiger partial charge in [0.05, 0.1) is 23.7 Å². The lowest BCUT2D eigenvalue weighted by Gasteiger charge is -2.20. The lowest BCUT2D eigenvalue weighted by Crippen LogP contribution is -2.41. The largest absolute Gasteiger partial charge is 0.353 e. The molecular weight excluding hydrogens is 272 g/mol. The molecule has 1 N–H and O–H groups in total. The van der Waals surface area contributed by atoms with Crippen LogP contribution in [0.3, 0.4) is 0 Å². The number of nitrogens with one attached hydrogen (secondary N) is 1. The van der Waals surface area contributed by atoms with Crippen LogP contribution in [0.1, 0.15) is 0 Å². The van der Waals surface area contributed by atoms with Gasteiger partial charge in [0, 0.05) is 0 Å². The van der Waals surface area contributed by atoms with E-state index >= 15 is 0 Å². The fourth-order valence-corrected chi connectivity index (χ4v) is 3.83. The summed E-state index contributed by atoms with van der Waals surface area (Å²) in [6, 6.07) is -0.249. The van der Waals surface area contributed by atoms with E-state index in [1.54, 1.807) is 0 Å². The number of ether oxygens (including phenoxy) is 1. The summed E-state index contributed by atoms with van der Waals surface area (Å²) in [5.41, 5.74) is 0. The molecule has 2 saturated heterocycles. The van der Waals surface area contributed by atoms with E-state index in [0.717, 1.165) is 0 Å². The smallest absolute Gasteiger partial charge is 0.229 e. The van der Waals surface area contributed by atoms with Crippen molar-refractivity contribution in [1.29, 1.82) is 0 Å². The molecule has 82 valence electrons. The Morgan fingerprint density at radius 1 is 1.29 bits per heavy atom. The third-order valence-electron chi connectivity index (χ3n) is 2.27. The second-order valence-electron chi connectivity index (χ2n) is 3.45. The predicted molar refractivity (Wildman–Crippen MR) is 54.5 cm³/mol. The minimum atomic E-state index is -2.99. The summed E-state index contributed by atoms with van der Waals surface area (Å²) in [6.45, 7) is 0. The van der Waals surface area contributed by atoms with Gasteiger partial charge in [-0.3, -0.25) is 5.32 Å². The molecule has 8 heteroatoms. The van der Waals surface area contributed by atoms with Gasteiger partial charge in [0.15, 0.2) is 16.1 Å². The van der Waals surface area contributed by atoms with E-state index in [-0.39, 0.29) is 23.7 Å². The molecule has 0 aliphatic carbocycles. The number of fused-ring (bicyclic) bond motifs is 1. The predicted octanol–water partition coefficient (Wildman–Crippen LogP) is 0.468. The monoisotopic (exact) mass is 279 g/mol. The summed E-state index contributed by atoms with van der Waals surface area (Å²) >= 11 is 16.8. The van der Waals surface area contributed by atoms with Gasteiger partial charge in [-0.05, 0) is 0 Å². The molecule has 4 nitrogen and oxygen atoms in total. The second-order valence-corrected chi connectivity index (χ2v) is 7.97. The summed E-state index contributed by atoms with van der Waals surface area (Å²) in [6.07, 6.45) is -1.11. The molecule has 0 spiro atoms.